The Hall–Kier alpha value is -3.95. The molecule has 4 N–H and O–H groups in total. The van der Waals surface area contributed by atoms with Gasteiger partial charge in [-0.2, -0.15) is 0 Å². The largest absolute Gasteiger partial charge is 0.384 e. The zero-order valence-electron chi connectivity index (χ0n) is 23.3. The predicted molar refractivity (Wildman–Crippen MR) is 163 cm³/mol. The van der Waals surface area contributed by atoms with Gasteiger partial charge >= 0.3 is 0 Å². The van der Waals surface area contributed by atoms with Crippen LogP contribution >= 0.6 is 11.6 Å². The number of nitrogens with zero attached hydrogens (tertiary/aromatic N) is 4. The number of anilines is 2. The van der Waals surface area contributed by atoms with Gasteiger partial charge in [0.1, 0.15) is 17.5 Å². The maximum Gasteiger partial charge on any atom is 0.240 e. The van der Waals surface area contributed by atoms with Gasteiger partial charge in [-0.15, -0.1) is 0 Å². The molecule has 214 valence electrons. The number of aryl methyl sites for hydroxylation is 3. The number of hydrogen-bond acceptors (Lipinski definition) is 5. The quantitative estimate of drug-likeness (QED) is 0.193. The second-order valence-corrected chi connectivity index (χ2v) is 11.0. The van der Waals surface area contributed by atoms with Crippen molar-refractivity contribution in [2.45, 2.75) is 31.7 Å². The smallest absolute Gasteiger partial charge is 0.240 e. The minimum absolute atomic E-state index is 0.0301. The molecule has 2 heterocycles. The van der Waals surface area contributed by atoms with Crippen molar-refractivity contribution in [2.24, 2.45) is 12.8 Å². The fourth-order valence-electron chi connectivity index (χ4n) is 5.28. The van der Waals surface area contributed by atoms with Gasteiger partial charge in [0.2, 0.25) is 5.91 Å². The SMILES string of the molecule is CN(C(=O)CN1CCC(Nc2ccc(F)cc2Cl)CC1)c1ccc2c(c1)nc(CCc1ccc(C(=N)N)cc1)n2C. The number of fused-ring (bicyclic) bond motifs is 1. The van der Waals surface area contributed by atoms with Crippen LogP contribution in [0.1, 0.15) is 29.8 Å². The first-order valence-corrected chi connectivity index (χ1v) is 14.1. The van der Waals surface area contributed by atoms with Crippen LogP contribution in [0, 0.1) is 11.2 Å². The van der Waals surface area contributed by atoms with Gasteiger partial charge in [-0.05, 0) is 61.2 Å². The Kier molecular flexibility index (Phi) is 8.56. The van der Waals surface area contributed by atoms with E-state index in [0.717, 1.165) is 78.1 Å². The molecule has 1 aliphatic heterocycles. The molecule has 1 amide bonds. The van der Waals surface area contributed by atoms with Crippen LogP contribution in [0.15, 0.2) is 60.7 Å². The van der Waals surface area contributed by atoms with E-state index in [1.54, 1.807) is 11.0 Å². The van der Waals surface area contributed by atoms with Gasteiger partial charge in [0.05, 0.1) is 28.3 Å². The topological polar surface area (TPSA) is 103 Å². The third kappa shape index (κ3) is 6.69. The van der Waals surface area contributed by atoms with Crippen LogP contribution in [0.3, 0.4) is 0 Å². The van der Waals surface area contributed by atoms with Crippen molar-refractivity contribution in [1.29, 1.82) is 5.41 Å². The van der Waals surface area contributed by atoms with Gasteiger partial charge in [-0.3, -0.25) is 15.1 Å². The van der Waals surface area contributed by atoms with Crippen molar-refractivity contribution >= 4 is 45.8 Å². The first kappa shape index (κ1) is 28.6. The van der Waals surface area contributed by atoms with E-state index < -0.39 is 0 Å². The number of imidazole rings is 1. The fourth-order valence-corrected chi connectivity index (χ4v) is 5.50. The van der Waals surface area contributed by atoms with E-state index in [4.69, 9.17) is 27.7 Å². The summed E-state index contributed by atoms with van der Waals surface area (Å²) < 4.78 is 15.4. The number of aromatic nitrogens is 2. The number of likely N-dealkylation sites (N-methyl/N-ethyl adjacent to an activating group) is 1. The first-order chi connectivity index (χ1) is 19.7. The predicted octanol–water partition coefficient (Wildman–Crippen LogP) is 4.97. The zero-order valence-corrected chi connectivity index (χ0v) is 24.1. The number of hydrogen-bond donors (Lipinski definition) is 3. The highest BCUT2D eigenvalue weighted by Gasteiger charge is 2.23. The van der Waals surface area contributed by atoms with Gasteiger partial charge in [0, 0.05) is 50.9 Å². The summed E-state index contributed by atoms with van der Waals surface area (Å²) in [7, 11) is 3.82. The third-order valence-corrected chi connectivity index (χ3v) is 8.17. The highest BCUT2D eigenvalue weighted by atomic mass is 35.5. The molecule has 0 saturated carbocycles. The first-order valence-electron chi connectivity index (χ1n) is 13.8. The van der Waals surface area contributed by atoms with Crippen LogP contribution in [0.2, 0.25) is 5.02 Å². The van der Waals surface area contributed by atoms with Crippen molar-refractivity contribution in [1.82, 2.24) is 14.5 Å². The molecule has 0 spiro atoms. The number of carbonyl (C=O) groups is 1. The normalized spacial score (nSPS) is 14.3. The monoisotopic (exact) mass is 575 g/mol. The highest BCUT2D eigenvalue weighted by molar-refractivity contribution is 6.33. The van der Waals surface area contributed by atoms with Crippen LogP contribution < -0.4 is 16.0 Å². The Morgan fingerprint density at radius 1 is 1.12 bits per heavy atom. The molecule has 0 unspecified atom stereocenters. The average molecular weight is 576 g/mol. The average Bonchev–Trinajstić information content (AvgIpc) is 3.28. The lowest BCUT2D eigenvalue weighted by Crippen LogP contribution is -2.44. The van der Waals surface area contributed by atoms with Crippen LogP contribution in [-0.4, -0.2) is 58.9 Å². The van der Waals surface area contributed by atoms with Crippen LogP contribution in [-0.2, 0) is 24.7 Å². The summed E-state index contributed by atoms with van der Waals surface area (Å²) >= 11 is 6.16. The molecule has 10 heteroatoms. The summed E-state index contributed by atoms with van der Waals surface area (Å²) in [6, 6.07) is 18.3. The fraction of sp³-hybridized carbons (Fsp3) is 0.323. The minimum atomic E-state index is -0.352. The van der Waals surface area contributed by atoms with E-state index in [2.05, 4.69) is 14.8 Å². The van der Waals surface area contributed by atoms with E-state index in [1.807, 2.05) is 56.6 Å². The molecular formula is C31H35ClFN7O. The van der Waals surface area contributed by atoms with Crippen LogP contribution in [0.5, 0.6) is 0 Å². The van der Waals surface area contributed by atoms with E-state index in [-0.39, 0.29) is 23.6 Å². The molecule has 1 fully saturated rings. The number of nitrogens with two attached hydrogens (primary N) is 1. The Morgan fingerprint density at radius 2 is 1.85 bits per heavy atom. The highest BCUT2D eigenvalue weighted by Crippen LogP contribution is 2.26. The number of halogens is 2. The molecule has 8 nitrogen and oxygen atoms in total. The summed E-state index contributed by atoms with van der Waals surface area (Å²) in [6.45, 7) is 1.92. The van der Waals surface area contributed by atoms with Gasteiger partial charge in [0.15, 0.2) is 0 Å². The molecule has 0 aliphatic carbocycles. The number of likely N-dealkylation sites (tertiary alicyclic amines) is 1. The molecule has 3 aromatic carbocycles. The van der Waals surface area contributed by atoms with E-state index in [0.29, 0.717) is 11.6 Å². The lowest BCUT2D eigenvalue weighted by Gasteiger charge is -2.33. The maximum absolute atomic E-state index is 13.3. The molecule has 4 aromatic rings. The molecule has 1 aromatic heterocycles. The van der Waals surface area contributed by atoms with Crippen molar-refractivity contribution in [3.63, 3.8) is 0 Å². The molecule has 5 rings (SSSR count). The standard InChI is InChI=1S/C31H35ClFN7O/c1-38(30(41)19-40-15-13-23(14-16-40)36-26-10-8-22(33)17-25(26)32)24-9-11-28-27(18-24)37-29(39(28)2)12-5-20-3-6-21(7-4-20)31(34)35/h3-4,6-11,17-18,23,36H,5,12-16,19H2,1-2H3,(H3,34,35). The second kappa shape index (κ2) is 12.3. The number of nitrogen functional groups attached to an aromatic ring is 1. The van der Waals surface area contributed by atoms with Gasteiger partial charge in [0.25, 0.3) is 0 Å². The molecule has 41 heavy (non-hydrogen) atoms. The lowest BCUT2D eigenvalue weighted by molar-refractivity contribution is -0.119. The number of amides is 1. The minimum Gasteiger partial charge on any atom is -0.384 e. The van der Waals surface area contributed by atoms with Crippen molar-refractivity contribution < 1.29 is 9.18 Å². The summed E-state index contributed by atoms with van der Waals surface area (Å²) in [5, 5.41) is 11.3. The lowest BCUT2D eigenvalue weighted by atomic mass is 10.0. The van der Waals surface area contributed by atoms with Crippen molar-refractivity contribution in [3.05, 3.63) is 88.5 Å². The Labute approximate surface area is 244 Å². The number of carbonyl (C=O) groups excluding carboxylic acids is 1. The number of nitrogens with one attached hydrogen (secondary N) is 2. The summed E-state index contributed by atoms with van der Waals surface area (Å²) in [5.74, 6) is 0.717. The second-order valence-electron chi connectivity index (χ2n) is 10.6. The molecular weight excluding hydrogens is 541 g/mol. The van der Waals surface area contributed by atoms with Gasteiger partial charge < -0.3 is 20.5 Å². The van der Waals surface area contributed by atoms with Crippen LogP contribution in [0.4, 0.5) is 15.8 Å². The van der Waals surface area contributed by atoms with Crippen molar-refractivity contribution in [3.8, 4) is 0 Å². The van der Waals surface area contributed by atoms with Crippen LogP contribution in [0.25, 0.3) is 11.0 Å². The van der Waals surface area contributed by atoms with Gasteiger partial charge in [-0.25, -0.2) is 9.37 Å². The summed E-state index contributed by atoms with van der Waals surface area (Å²) in [5.41, 5.74) is 10.9. The number of piperidine rings is 1. The number of rotatable bonds is 9. The van der Waals surface area contributed by atoms with Gasteiger partial charge in [-0.1, -0.05) is 35.9 Å². The number of amidine groups is 1. The Bertz CT molecular complexity index is 1560. The third-order valence-electron chi connectivity index (χ3n) is 7.86. The number of benzene rings is 3. The molecule has 0 bridgehead atoms. The molecule has 0 atom stereocenters. The van der Waals surface area contributed by atoms with E-state index in [9.17, 15) is 9.18 Å². The Morgan fingerprint density at radius 3 is 2.54 bits per heavy atom. The maximum atomic E-state index is 13.3. The molecule has 1 saturated heterocycles. The van der Waals surface area contributed by atoms with Crippen molar-refractivity contribution in [2.75, 3.05) is 36.9 Å². The zero-order chi connectivity index (χ0) is 29.1. The molecule has 1 aliphatic rings. The van der Waals surface area contributed by atoms with E-state index in [1.165, 1.54) is 12.1 Å². The van der Waals surface area contributed by atoms with E-state index >= 15 is 0 Å². The Balaban J connectivity index is 1.16. The summed E-state index contributed by atoms with van der Waals surface area (Å²) in [4.78, 5) is 21.9. The molecule has 0 radical (unpaired) electrons. The summed E-state index contributed by atoms with van der Waals surface area (Å²) in [6.07, 6.45) is 3.33.